The number of amides is 4. The summed E-state index contributed by atoms with van der Waals surface area (Å²) in [5.74, 6) is 3.60. The number of benzene rings is 8. The predicted molar refractivity (Wildman–Crippen MR) is 570 cm³/mol. The molecule has 4 aliphatic rings. The minimum Gasteiger partial charge on any atom is -0.445 e. The smallest absolute Gasteiger partial charge is 0.407 e. The second-order valence-corrected chi connectivity index (χ2v) is 31.4. The van der Waals surface area contributed by atoms with Crippen LogP contribution < -0.4 is 21.3 Å². The Morgan fingerprint density at radius 3 is 0.896 bits per heavy atom. The number of rotatable bonds is 32. The van der Waals surface area contributed by atoms with E-state index < -0.39 is 0 Å². The molecule has 2 fully saturated rings. The summed E-state index contributed by atoms with van der Waals surface area (Å²) in [5, 5.41) is 12.3. The summed E-state index contributed by atoms with van der Waals surface area (Å²) >= 11 is 11.1. The molecule has 0 aliphatic heterocycles. The number of alkyl carbamates (subject to hydrolysis) is 4. The Kier molecular flexibility index (Phi) is 102. The summed E-state index contributed by atoms with van der Waals surface area (Å²) in [6.45, 7) is 24.4. The van der Waals surface area contributed by atoms with Crippen molar-refractivity contribution in [2.45, 2.75) is 147 Å². The van der Waals surface area contributed by atoms with Crippen LogP contribution >= 0.6 is 104 Å². The molecule has 8 aromatic rings. The third-order valence-corrected chi connectivity index (χ3v) is 21.2. The molecule has 4 bridgehead atoms. The van der Waals surface area contributed by atoms with Gasteiger partial charge in [0.25, 0.3) is 0 Å². The molecule has 4 atom stereocenters. The Morgan fingerprint density at radius 2 is 0.687 bits per heavy atom. The van der Waals surface area contributed by atoms with Crippen LogP contribution in [0.4, 0.5) is 19.2 Å². The Labute approximate surface area is 933 Å². The predicted octanol–water partition coefficient (Wildman–Crippen LogP) is 27.2. The molecule has 0 saturated heterocycles. The van der Waals surface area contributed by atoms with Gasteiger partial charge in [-0.05, 0) is 216 Å². The molecule has 0 aromatic heterocycles. The van der Waals surface area contributed by atoms with Gasteiger partial charge in [0.15, 0.2) is 0 Å². The SMILES string of the molecule is C/C=C/OOC.C/C=C/OOC.C1=CC2C[CH+]C1C2.C1=CC2C[CH+]C1C2.CC.CC.COOC/C=C/c1c(C)cccc1CCCNC(=O)OCc1ccccc1.COOC/C=C/c1c(C)cccc1CCCNC(=O)OCc1ccccc1.Cc1ccccc1I.Cc1ccccc1I.O=C(NCCBr)OCc1ccccc1.O=C(NCCBr)OCc1ccccc1.S.S.[3HH].[3HH].[U].[U].[V].[V]. The summed E-state index contributed by atoms with van der Waals surface area (Å²) in [6, 6.07) is 67.6. The van der Waals surface area contributed by atoms with Crippen molar-refractivity contribution >= 4 is 141 Å². The van der Waals surface area contributed by atoms with Crippen LogP contribution in [0, 0.1) is 134 Å². The van der Waals surface area contributed by atoms with Gasteiger partial charge in [-0.1, -0.05) is 290 Å². The van der Waals surface area contributed by atoms with Crippen molar-refractivity contribution < 1.29 is 179 Å². The Balaban J connectivity index is -0.000000231. The molecule has 4 N–H and O–H groups in total. The average molecular weight is 2770 g/mol. The van der Waals surface area contributed by atoms with Gasteiger partial charge < -0.3 is 50.0 Å². The first kappa shape index (κ1) is 139. The Morgan fingerprint density at radius 1 is 0.403 bits per heavy atom. The molecule has 30 heteroatoms. The van der Waals surface area contributed by atoms with E-state index in [4.69, 9.17) is 28.7 Å². The second-order valence-electron chi connectivity index (χ2n) is 27.5. The van der Waals surface area contributed by atoms with Crippen molar-refractivity contribution in [2.75, 3.05) is 78.5 Å². The summed E-state index contributed by atoms with van der Waals surface area (Å²) in [5.41, 5.74) is 13.9. The molecule has 2 saturated carbocycles. The fraction of sp³-hybridized carbons (Fsp3) is 0.365. The van der Waals surface area contributed by atoms with E-state index in [1.54, 1.807) is 12.2 Å². The summed E-state index contributed by atoms with van der Waals surface area (Å²) < 4.78 is 23.0. The zero-order chi connectivity index (χ0) is 94.1. The molecule has 0 heterocycles. The third kappa shape index (κ3) is 73.9. The normalized spacial score (nSPS) is 13.1. The number of carbonyl (C=O) groups is 4. The molecule has 4 unspecified atom stereocenters. The van der Waals surface area contributed by atoms with Gasteiger partial charge >= 0.3 is 24.4 Å². The maximum Gasteiger partial charge on any atom is 0.407 e. The molecule has 734 valence electrons. The van der Waals surface area contributed by atoms with Crippen molar-refractivity contribution in [1.29, 1.82) is 0 Å². The number of carbonyl (C=O) groups excluding carboxylic acids is 4. The topological polar surface area (TPSA) is 227 Å². The average Bonchev–Trinajstić information content (AvgIpc) is 1.81. The minimum atomic E-state index is -0.389. The van der Waals surface area contributed by atoms with Crippen molar-refractivity contribution in [3.63, 3.8) is 0 Å². The van der Waals surface area contributed by atoms with Gasteiger partial charge in [-0.3, -0.25) is 0 Å². The largest absolute Gasteiger partial charge is 0.445 e. The molecule has 20 nitrogen and oxygen atoms in total. The van der Waals surface area contributed by atoms with E-state index >= 15 is 0 Å². The van der Waals surface area contributed by atoms with Crippen LogP contribution in [-0.2, 0) is 134 Å². The van der Waals surface area contributed by atoms with Crippen molar-refractivity contribution in [3.8, 4) is 0 Å². The van der Waals surface area contributed by atoms with Gasteiger partial charge in [0, 0.05) is 171 Å². The zero-order valence-corrected chi connectivity index (χ0v) is 101. The van der Waals surface area contributed by atoms with Gasteiger partial charge in [-0.2, -0.15) is 36.8 Å². The fourth-order valence-corrected chi connectivity index (χ4v) is 12.8. The number of hydrogen-bond acceptors (Lipinski definition) is 16. The van der Waals surface area contributed by atoms with Gasteiger partial charge in [0.2, 0.25) is 0 Å². The number of fused-ring (bicyclic) bond motifs is 4. The molecule has 12 rings (SSSR count). The van der Waals surface area contributed by atoms with Crippen molar-refractivity contribution in [3.05, 3.63) is 354 Å². The first-order valence-electron chi connectivity index (χ1n) is 43.2. The van der Waals surface area contributed by atoms with Gasteiger partial charge in [0.05, 0.1) is 54.1 Å². The molecule has 8 aromatic carbocycles. The summed E-state index contributed by atoms with van der Waals surface area (Å²) in [6.07, 6.45) is 35.9. The number of halogens is 4. The van der Waals surface area contributed by atoms with E-state index in [1.807, 2.05) is 187 Å². The van der Waals surface area contributed by atoms with Crippen LogP contribution in [-0.4, -0.2) is 103 Å². The second kappa shape index (κ2) is 98.0. The van der Waals surface area contributed by atoms with E-state index in [0.717, 1.165) is 82.3 Å². The van der Waals surface area contributed by atoms with E-state index in [1.165, 1.54) is 118 Å². The number of nitrogens with one attached hydrogen (secondary N) is 4. The first-order valence-corrected chi connectivity index (χ1v) is 47.6. The molecular weight excluding hydrogens is 2620 g/mol. The molecule has 4 aliphatic carbocycles. The van der Waals surface area contributed by atoms with Crippen LogP contribution in [0.2, 0.25) is 0 Å². The molecule has 2 radical (unpaired) electrons. The monoisotopic (exact) mass is 2760 g/mol. The van der Waals surface area contributed by atoms with E-state index in [2.05, 4.69) is 277 Å². The Hall–Kier alpha value is -5.23. The number of allylic oxidation sites excluding steroid dienone is 6. The van der Waals surface area contributed by atoms with Gasteiger partial charge in [-0.25, -0.2) is 38.7 Å². The summed E-state index contributed by atoms with van der Waals surface area (Å²) in [4.78, 5) is 81.5. The molecule has 0 spiro atoms. The number of ether oxygens (including phenoxy) is 4. The number of alkyl halides is 2. The van der Waals surface area contributed by atoms with Crippen LogP contribution in [0.3, 0.4) is 0 Å². The summed E-state index contributed by atoms with van der Waals surface area (Å²) in [7, 11) is 5.90. The molecular formula is C104H146Br2I2N4O16S2U2V2+2. The van der Waals surface area contributed by atoms with Crippen LogP contribution in [0.25, 0.3) is 12.2 Å². The zero-order valence-electron chi connectivity index (χ0n) is 80.1. The van der Waals surface area contributed by atoms with Crippen LogP contribution in [0.1, 0.15) is 150 Å². The van der Waals surface area contributed by atoms with Crippen molar-refractivity contribution in [1.82, 2.24) is 21.3 Å². The molecule has 134 heavy (non-hydrogen) atoms. The van der Waals surface area contributed by atoms with Crippen molar-refractivity contribution in [2.24, 2.45) is 23.7 Å². The van der Waals surface area contributed by atoms with Gasteiger partial charge in [-0.15, -0.1) is 0 Å². The van der Waals surface area contributed by atoms with E-state index in [9.17, 15) is 19.2 Å². The van der Waals surface area contributed by atoms with E-state index in [-0.39, 0.29) is 167 Å². The number of aryl methyl sites for hydroxylation is 6. The van der Waals surface area contributed by atoms with Crippen LogP contribution in [0.15, 0.2) is 267 Å². The van der Waals surface area contributed by atoms with E-state index in [0.29, 0.717) is 52.6 Å². The standard InChI is InChI=1S/2C22H27NO4.2C10H12BrNO2.2C7H7I.2C7H9.2C4H8O2.2C2H6.2H2S.2U.2V.2H2/c2*1-18-9-6-12-20(21(18)14-8-16-27-25-2)13-7-15-23-22(24)26-17-19-10-4-3-5-11-19;2*11-6-7-12-10(13)14-8-9-4-2-1-3-5-9;2*1-6-4-2-3-5-7(6)8;2*1-2-7-4-3-6(1)5-7;2*1-3-4-6-5-2;2*1-2;;;;;;;;/h2*3-6,8-12,14H,7,13,15-17H2,1-2H3,(H,23,24);2*1-5H,6-8H2,(H,12,13);2*2-5H,1H3;2*1-3,6-7H,4-5H2;2*3-4H,1-2H3;2*1-2H3;2*1H2;;;;;2*1H/q;;;;;;2*+1;;;;;;;;;;;;/b2*14-8+;;;;;;;2*4-3+;;;;;;;;;;/i;;;;;;;;;;;;;;;;;;2*1+2. The first-order chi connectivity index (χ1) is 62.4. The Bertz CT molecular complexity index is 4020. The maximum atomic E-state index is 11.8. The number of hydrogen-bond donors (Lipinski definition) is 4. The minimum absolute atomic E-state index is 0. The van der Waals surface area contributed by atoms with Gasteiger partial charge in [0.1, 0.15) is 64.0 Å². The molecule has 4 amide bonds. The third-order valence-electron chi connectivity index (χ3n) is 17.9. The van der Waals surface area contributed by atoms with Crippen LogP contribution in [0.5, 0.6) is 0 Å². The maximum absolute atomic E-state index is 11.8. The fourth-order valence-electron chi connectivity index (χ4n) is 11.6. The quantitative estimate of drug-likeness (QED) is 0.00354.